The molecule has 1 amide bonds. The number of carbonyl (C=O) groups is 1. The smallest absolute Gasteiger partial charge is 0.242 e. The Morgan fingerprint density at radius 1 is 1.20 bits per heavy atom. The molecule has 2 heterocycles. The fourth-order valence-electron chi connectivity index (χ4n) is 3.16. The molecule has 2 N–H and O–H groups in total. The molecule has 1 aliphatic rings. The Labute approximate surface area is 203 Å². The lowest BCUT2D eigenvalue weighted by molar-refractivity contribution is -0.130. The quantitative estimate of drug-likeness (QED) is 0.322. The number of aliphatic imine (C=N–C) groups is 1. The van der Waals surface area contributed by atoms with E-state index < -0.39 is 0 Å². The van der Waals surface area contributed by atoms with E-state index >= 15 is 0 Å². The molecule has 164 valence electrons. The third kappa shape index (κ3) is 7.28. The van der Waals surface area contributed by atoms with Crippen LogP contribution in [-0.2, 0) is 11.2 Å². The average molecular weight is 563 g/mol. The molecule has 1 saturated heterocycles. The van der Waals surface area contributed by atoms with Gasteiger partial charge in [-0.1, -0.05) is 11.6 Å². The van der Waals surface area contributed by atoms with Crippen molar-refractivity contribution in [3.8, 4) is 0 Å². The number of hydrogen-bond donors (Lipinski definition) is 2. The van der Waals surface area contributed by atoms with Crippen LogP contribution in [0.3, 0.4) is 0 Å². The fourth-order valence-corrected chi connectivity index (χ4v) is 4.08. The third-order valence-electron chi connectivity index (χ3n) is 4.76. The molecule has 1 aliphatic heterocycles. The second-order valence-electron chi connectivity index (χ2n) is 6.81. The second kappa shape index (κ2) is 12.3. The van der Waals surface area contributed by atoms with Crippen LogP contribution in [0.25, 0.3) is 0 Å². The summed E-state index contributed by atoms with van der Waals surface area (Å²) in [4.78, 5) is 26.5. The zero-order valence-electron chi connectivity index (χ0n) is 17.2. The largest absolute Gasteiger partial charge is 0.368 e. The molecule has 0 bridgehead atoms. The summed E-state index contributed by atoms with van der Waals surface area (Å²) in [5.74, 6) is 0.714. The first-order chi connectivity index (χ1) is 14.0. The van der Waals surface area contributed by atoms with Crippen LogP contribution >= 0.6 is 46.9 Å². The number of rotatable bonds is 6. The number of benzene rings is 1. The van der Waals surface area contributed by atoms with E-state index in [2.05, 4.69) is 32.4 Å². The lowest BCUT2D eigenvalue weighted by Gasteiger charge is -2.36. The van der Waals surface area contributed by atoms with Crippen LogP contribution in [0.5, 0.6) is 0 Å². The number of aromatic nitrogens is 1. The van der Waals surface area contributed by atoms with E-state index in [0.29, 0.717) is 19.0 Å². The molecule has 2 aromatic rings. The number of halogens is 2. The summed E-state index contributed by atoms with van der Waals surface area (Å²) >= 11 is 7.66. The van der Waals surface area contributed by atoms with E-state index in [4.69, 9.17) is 11.6 Å². The summed E-state index contributed by atoms with van der Waals surface area (Å²) in [6, 6.07) is 7.83. The number of aryl methyl sites for hydroxylation is 1. The Bertz CT molecular complexity index is 836. The van der Waals surface area contributed by atoms with Crippen molar-refractivity contribution in [1.82, 2.24) is 20.5 Å². The van der Waals surface area contributed by atoms with Gasteiger partial charge in [0.2, 0.25) is 5.91 Å². The van der Waals surface area contributed by atoms with Crippen molar-refractivity contribution in [2.45, 2.75) is 13.3 Å². The summed E-state index contributed by atoms with van der Waals surface area (Å²) in [7, 11) is 1.71. The molecule has 0 aliphatic carbocycles. The van der Waals surface area contributed by atoms with Crippen LogP contribution in [0.2, 0.25) is 5.02 Å². The van der Waals surface area contributed by atoms with Crippen LogP contribution in [0, 0.1) is 6.92 Å². The molecule has 7 nitrogen and oxygen atoms in total. The number of carbonyl (C=O) groups excluding carboxylic acids is 1. The molecule has 0 radical (unpaired) electrons. The predicted octanol–water partition coefficient (Wildman–Crippen LogP) is 2.78. The van der Waals surface area contributed by atoms with Crippen molar-refractivity contribution in [3.63, 3.8) is 0 Å². The zero-order valence-corrected chi connectivity index (χ0v) is 21.1. The van der Waals surface area contributed by atoms with Crippen LogP contribution in [0.4, 0.5) is 5.69 Å². The van der Waals surface area contributed by atoms with Gasteiger partial charge < -0.3 is 20.4 Å². The van der Waals surface area contributed by atoms with Gasteiger partial charge in [-0.2, -0.15) is 0 Å². The summed E-state index contributed by atoms with van der Waals surface area (Å²) in [6.45, 7) is 6.05. The number of thiazole rings is 1. The molecule has 3 rings (SSSR count). The van der Waals surface area contributed by atoms with Crippen molar-refractivity contribution in [1.29, 1.82) is 0 Å². The van der Waals surface area contributed by atoms with Gasteiger partial charge in [0, 0.05) is 68.0 Å². The molecule has 1 aromatic heterocycles. The minimum Gasteiger partial charge on any atom is -0.368 e. The van der Waals surface area contributed by atoms with E-state index in [0.717, 1.165) is 41.8 Å². The molecule has 30 heavy (non-hydrogen) atoms. The molecule has 0 atom stereocenters. The highest BCUT2D eigenvalue weighted by atomic mass is 127. The Kier molecular flexibility index (Phi) is 10.1. The Morgan fingerprint density at radius 2 is 1.90 bits per heavy atom. The van der Waals surface area contributed by atoms with Gasteiger partial charge in [-0.05, 0) is 31.2 Å². The number of nitrogens with one attached hydrogen (secondary N) is 2. The number of guanidine groups is 1. The molecular formula is C20H28ClIN6OS. The van der Waals surface area contributed by atoms with Crippen molar-refractivity contribution in [3.05, 3.63) is 45.4 Å². The monoisotopic (exact) mass is 562 g/mol. The maximum Gasteiger partial charge on any atom is 0.242 e. The van der Waals surface area contributed by atoms with Crippen LogP contribution in [0.1, 0.15) is 9.88 Å². The molecule has 0 saturated carbocycles. The minimum absolute atomic E-state index is 0. The summed E-state index contributed by atoms with van der Waals surface area (Å²) in [6.07, 6.45) is 2.72. The van der Waals surface area contributed by atoms with E-state index in [1.54, 1.807) is 18.4 Å². The minimum atomic E-state index is 0. The first kappa shape index (κ1) is 24.7. The summed E-state index contributed by atoms with van der Waals surface area (Å²) in [5, 5.41) is 8.17. The molecule has 1 fully saturated rings. The van der Waals surface area contributed by atoms with E-state index in [9.17, 15) is 4.79 Å². The number of anilines is 1. The highest BCUT2D eigenvalue weighted by Gasteiger charge is 2.21. The number of amides is 1. The van der Waals surface area contributed by atoms with Crippen molar-refractivity contribution in [2.75, 3.05) is 51.2 Å². The fraction of sp³-hybridized carbons (Fsp3) is 0.450. The molecule has 10 heteroatoms. The van der Waals surface area contributed by atoms with Gasteiger partial charge in [0.05, 0.1) is 11.6 Å². The van der Waals surface area contributed by atoms with Gasteiger partial charge in [0.25, 0.3) is 0 Å². The average Bonchev–Trinajstić information content (AvgIpc) is 3.16. The first-order valence-electron chi connectivity index (χ1n) is 9.69. The normalized spacial score (nSPS) is 14.3. The van der Waals surface area contributed by atoms with Crippen molar-refractivity contribution >= 4 is 64.5 Å². The van der Waals surface area contributed by atoms with Crippen molar-refractivity contribution in [2.24, 2.45) is 4.99 Å². The van der Waals surface area contributed by atoms with Gasteiger partial charge in [-0.25, -0.2) is 4.98 Å². The van der Waals surface area contributed by atoms with Gasteiger partial charge in [-0.15, -0.1) is 35.3 Å². The maximum absolute atomic E-state index is 12.5. The molecule has 0 spiro atoms. The Balaban J connectivity index is 0.00000320. The second-order valence-corrected chi connectivity index (χ2v) is 8.57. The van der Waals surface area contributed by atoms with E-state index in [1.807, 2.05) is 35.4 Å². The number of hydrogen-bond acceptors (Lipinski definition) is 5. The SMILES string of the molecule is CN=C(NCCc1ncc(C)s1)NCC(=O)N1CCN(c2ccc(Cl)cc2)CC1.I. The Hall–Kier alpha value is -1.59. The molecule has 1 aromatic carbocycles. The lowest BCUT2D eigenvalue weighted by Crippen LogP contribution is -2.52. The number of piperazine rings is 1. The van der Waals surface area contributed by atoms with Gasteiger partial charge in [0.15, 0.2) is 5.96 Å². The number of nitrogens with zero attached hydrogens (tertiary/aromatic N) is 4. The highest BCUT2D eigenvalue weighted by Crippen LogP contribution is 2.19. The van der Waals surface area contributed by atoms with Crippen LogP contribution < -0.4 is 15.5 Å². The predicted molar refractivity (Wildman–Crippen MR) is 136 cm³/mol. The van der Waals surface area contributed by atoms with E-state index in [1.165, 1.54) is 4.88 Å². The first-order valence-corrected chi connectivity index (χ1v) is 10.9. The summed E-state index contributed by atoms with van der Waals surface area (Å²) < 4.78 is 0. The summed E-state index contributed by atoms with van der Waals surface area (Å²) in [5.41, 5.74) is 1.14. The lowest BCUT2D eigenvalue weighted by atomic mass is 10.2. The van der Waals surface area contributed by atoms with E-state index in [-0.39, 0.29) is 36.4 Å². The topological polar surface area (TPSA) is 72.9 Å². The van der Waals surface area contributed by atoms with Gasteiger partial charge in [-0.3, -0.25) is 9.79 Å². The van der Waals surface area contributed by atoms with Crippen LogP contribution in [0.15, 0.2) is 35.5 Å². The van der Waals surface area contributed by atoms with Crippen molar-refractivity contribution < 1.29 is 4.79 Å². The third-order valence-corrected chi connectivity index (χ3v) is 5.98. The maximum atomic E-state index is 12.5. The van der Waals surface area contributed by atoms with Gasteiger partial charge >= 0.3 is 0 Å². The van der Waals surface area contributed by atoms with Crippen LogP contribution in [-0.4, -0.2) is 68.1 Å². The molecular weight excluding hydrogens is 535 g/mol. The van der Waals surface area contributed by atoms with Gasteiger partial charge in [0.1, 0.15) is 0 Å². The Morgan fingerprint density at radius 3 is 2.50 bits per heavy atom. The standard InChI is InChI=1S/C20H27ClN6OS.HI/c1-15-13-24-18(29-15)7-8-23-20(22-2)25-14-19(28)27-11-9-26(10-12-27)17-5-3-16(21)4-6-17;/h3-6,13H,7-12,14H2,1-2H3,(H2,22,23,25);1H. The highest BCUT2D eigenvalue weighted by molar-refractivity contribution is 14.0. The zero-order chi connectivity index (χ0) is 20.6. The molecule has 0 unspecified atom stereocenters.